The largest absolute Gasteiger partial charge is 0.408 e. The van der Waals surface area contributed by atoms with Gasteiger partial charge in [0, 0.05) is 26.6 Å². The molecule has 2 heterocycles. The zero-order valence-electron chi connectivity index (χ0n) is 13.9. The molecule has 0 bridgehead atoms. The molecule has 1 aromatic carbocycles. The number of nitrogens with one attached hydrogen (secondary N) is 1. The van der Waals surface area contributed by atoms with Crippen LogP contribution in [0.25, 0.3) is 0 Å². The van der Waals surface area contributed by atoms with Gasteiger partial charge >= 0.3 is 6.01 Å². The van der Waals surface area contributed by atoms with E-state index in [1.54, 1.807) is 6.92 Å². The summed E-state index contributed by atoms with van der Waals surface area (Å²) in [4.78, 5) is 13.7. The lowest BCUT2D eigenvalue weighted by molar-refractivity contribution is -0.123. The molecule has 2 aromatic rings. The molecule has 1 atom stereocenters. The molecule has 0 saturated carbocycles. The van der Waals surface area contributed by atoms with E-state index in [0.717, 1.165) is 38.0 Å². The van der Waals surface area contributed by atoms with Crippen molar-refractivity contribution in [3.63, 3.8) is 0 Å². The van der Waals surface area contributed by atoms with Gasteiger partial charge in [0.25, 0.3) is 0 Å². The molecular formula is C17H23N5O2. The minimum Gasteiger partial charge on any atom is -0.408 e. The first-order chi connectivity index (χ1) is 11.6. The molecule has 1 aliphatic rings. The summed E-state index contributed by atoms with van der Waals surface area (Å²) < 4.78 is 5.31. The summed E-state index contributed by atoms with van der Waals surface area (Å²) in [6, 6.07) is 8.79. The maximum Gasteiger partial charge on any atom is 0.315 e. The summed E-state index contributed by atoms with van der Waals surface area (Å²) >= 11 is 0. The molecule has 0 aliphatic carbocycles. The third-order valence-corrected chi connectivity index (χ3v) is 4.28. The highest BCUT2D eigenvalue weighted by atomic mass is 16.4. The van der Waals surface area contributed by atoms with Crippen LogP contribution in [0.4, 0.5) is 6.01 Å². The molecule has 1 saturated heterocycles. The monoisotopic (exact) mass is 329 g/mol. The average Bonchev–Trinajstić information content (AvgIpc) is 2.99. The number of rotatable bonds is 6. The molecule has 1 aromatic heterocycles. The standard InChI is InChI=1S/C17H23N5O2/c1-12-20-21-17(24-12)19-9-13-4-2-5-14(8-13)10-22-7-3-6-15(11-22)16(18)23/h2,4-5,8,15H,3,6-7,9-11H2,1H3,(H2,18,23)(H,19,21)/t15-/m1/s1. The zero-order valence-corrected chi connectivity index (χ0v) is 13.9. The second-order valence-corrected chi connectivity index (χ2v) is 6.28. The molecule has 3 N–H and O–H groups in total. The Labute approximate surface area is 141 Å². The Morgan fingerprint density at radius 1 is 1.42 bits per heavy atom. The number of hydrogen-bond donors (Lipinski definition) is 2. The molecule has 128 valence electrons. The molecule has 0 radical (unpaired) electrons. The summed E-state index contributed by atoms with van der Waals surface area (Å²) in [5.41, 5.74) is 7.82. The Kier molecular flexibility index (Phi) is 5.10. The van der Waals surface area contributed by atoms with Crippen LogP contribution in [0.3, 0.4) is 0 Å². The Balaban J connectivity index is 1.57. The lowest BCUT2D eigenvalue weighted by Gasteiger charge is -2.31. The third kappa shape index (κ3) is 4.32. The molecule has 1 aliphatic heterocycles. The highest BCUT2D eigenvalue weighted by Crippen LogP contribution is 2.19. The highest BCUT2D eigenvalue weighted by molar-refractivity contribution is 5.76. The minimum atomic E-state index is -0.187. The van der Waals surface area contributed by atoms with Crippen molar-refractivity contribution in [2.24, 2.45) is 11.7 Å². The van der Waals surface area contributed by atoms with Gasteiger partial charge in [-0.2, -0.15) is 0 Å². The van der Waals surface area contributed by atoms with Gasteiger partial charge in [-0.25, -0.2) is 0 Å². The number of aromatic nitrogens is 2. The number of likely N-dealkylation sites (tertiary alicyclic amines) is 1. The number of primary amides is 1. The molecule has 24 heavy (non-hydrogen) atoms. The third-order valence-electron chi connectivity index (χ3n) is 4.28. The van der Waals surface area contributed by atoms with E-state index in [4.69, 9.17) is 10.2 Å². The van der Waals surface area contributed by atoms with Gasteiger partial charge in [-0.15, -0.1) is 5.10 Å². The maximum atomic E-state index is 11.4. The van der Waals surface area contributed by atoms with Crippen molar-refractivity contribution < 1.29 is 9.21 Å². The van der Waals surface area contributed by atoms with Crippen molar-refractivity contribution in [2.45, 2.75) is 32.9 Å². The van der Waals surface area contributed by atoms with E-state index in [-0.39, 0.29) is 11.8 Å². The van der Waals surface area contributed by atoms with Gasteiger partial charge in [0.15, 0.2) is 0 Å². The van der Waals surface area contributed by atoms with Crippen molar-refractivity contribution in [3.05, 3.63) is 41.3 Å². The fourth-order valence-corrected chi connectivity index (χ4v) is 3.07. The lowest BCUT2D eigenvalue weighted by Crippen LogP contribution is -2.40. The predicted molar refractivity (Wildman–Crippen MR) is 90.0 cm³/mol. The smallest absolute Gasteiger partial charge is 0.315 e. The molecule has 0 spiro atoms. The number of aryl methyl sites for hydroxylation is 1. The molecule has 0 unspecified atom stereocenters. The van der Waals surface area contributed by atoms with Crippen molar-refractivity contribution in [3.8, 4) is 0 Å². The molecular weight excluding hydrogens is 306 g/mol. The van der Waals surface area contributed by atoms with E-state index in [2.05, 4.69) is 38.6 Å². The number of hydrogen-bond acceptors (Lipinski definition) is 6. The van der Waals surface area contributed by atoms with E-state index in [1.165, 1.54) is 5.56 Å². The fraction of sp³-hybridized carbons (Fsp3) is 0.471. The van der Waals surface area contributed by atoms with E-state index < -0.39 is 0 Å². The number of nitrogens with zero attached hydrogens (tertiary/aromatic N) is 3. The van der Waals surface area contributed by atoms with Gasteiger partial charge in [-0.1, -0.05) is 29.4 Å². The van der Waals surface area contributed by atoms with Crippen LogP contribution in [-0.4, -0.2) is 34.1 Å². The quantitative estimate of drug-likeness (QED) is 0.837. The SMILES string of the molecule is Cc1nnc(NCc2cccc(CN3CCC[C@@H](C(N)=O)C3)c2)o1. The van der Waals surface area contributed by atoms with E-state index in [0.29, 0.717) is 18.5 Å². The minimum absolute atomic E-state index is 0.0237. The number of anilines is 1. The van der Waals surface area contributed by atoms with Crippen LogP contribution in [0.5, 0.6) is 0 Å². The Hall–Kier alpha value is -2.41. The second kappa shape index (κ2) is 7.44. The van der Waals surface area contributed by atoms with E-state index in [9.17, 15) is 4.79 Å². The number of piperidine rings is 1. The van der Waals surface area contributed by atoms with Gasteiger partial charge in [0.1, 0.15) is 0 Å². The molecule has 1 amide bonds. The Morgan fingerprint density at radius 2 is 2.25 bits per heavy atom. The summed E-state index contributed by atoms with van der Waals surface area (Å²) in [7, 11) is 0. The van der Waals surface area contributed by atoms with Gasteiger partial charge in [0.05, 0.1) is 5.92 Å². The number of carbonyl (C=O) groups is 1. The van der Waals surface area contributed by atoms with E-state index >= 15 is 0 Å². The molecule has 7 heteroatoms. The first-order valence-electron chi connectivity index (χ1n) is 8.23. The average molecular weight is 329 g/mol. The number of amides is 1. The molecule has 3 rings (SSSR count). The Bertz CT molecular complexity index is 700. The summed E-state index contributed by atoms with van der Waals surface area (Å²) in [5, 5.41) is 10.8. The maximum absolute atomic E-state index is 11.4. The normalized spacial score (nSPS) is 18.5. The second-order valence-electron chi connectivity index (χ2n) is 6.28. The van der Waals surface area contributed by atoms with Crippen LogP contribution in [0.2, 0.25) is 0 Å². The van der Waals surface area contributed by atoms with Crippen LogP contribution in [0, 0.1) is 12.8 Å². The lowest BCUT2D eigenvalue weighted by atomic mass is 9.97. The Morgan fingerprint density at radius 3 is 3.00 bits per heavy atom. The van der Waals surface area contributed by atoms with Crippen LogP contribution in [0.15, 0.2) is 28.7 Å². The topological polar surface area (TPSA) is 97.3 Å². The molecule has 1 fully saturated rings. The number of benzene rings is 1. The first kappa shape index (κ1) is 16.4. The predicted octanol–water partition coefficient (Wildman–Crippen LogP) is 1.69. The zero-order chi connectivity index (χ0) is 16.9. The number of carbonyl (C=O) groups excluding carboxylic acids is 1. The highest BCUT2D eigenvalue weighted by Gasteiger charge is 2.23. The van der Waals surface area contributed by atoms with Gasteiger partial charge in [-0.3, -0.25) is 9.69 Å². The van der Waals surface area contributed by atoms with Crippen molar-refractivity contribution in [2.75, 3.05) is 18.4 Å². The fourth-order valence-electron chi connectivity index (χ4n) is 3.07. The van der Waals surface area contributed by atoms with Crippen LogP contribution < -0.4 is 11.1 Å². The summed E-state index contributed by atoms with van der Waals surface area (Å²) in [6.07, 6.45) is 1.92. The van der Waals surface area contributed by atoms with Gasteiger partial charge in [0.2, 0.25) is 11.8 Å². The van der Waals surface area contributed by atoms with Gasteiger partial charge in [-0.05, 0) is 30.5 Å². The van der Waals surface area contributed by atoms with Crippen molar-refractivity contribution in [1.29, 1.82) is 0 Å². The van der Waals surface area contributed by atoms with Gasteiger partial charge < -0.3 is 15.5 Å². The van der Waals surface area contributed by atoms with Crippen molar-refractivity contribution >= 4 is 11.9 Å². The van der Waals surface area contributed by atoms with E-state index in [1.807, 2.05) is 6.07 Å². The summed E-state index contributed by atoms with van der Waals surface area (Å²) in [6.45, 7) is 4.97. The van der Waals surface area contributed by atoms with Crippen LogP contribution >= 0.6 is 0 Å². The van der Waals surface area contributed by atoms with Crippen LogP contribution in [0.1, 0.15) is 29.9 Å². The first-order valence-corrected chi connectivity index (χ1v) is 8.23. The number of nitrogens with two attached hydrogens (primary N) is 1. The van der Waals surface area contributed by atoms with Crippen LogP contribution in [-0.2, 0) is 17.9 Å². The van der Waals surface area contributed by atoms with Crippen molar-refractivity contribution in [1.82, 2.24) is 15.1 Å². The summed E-state index contributed by atoms with van der Waals surface area (Å²) in [5.74, 6) is 0.331. The molecule has 7 nitrogen and oxygen atoms in total.